The predicted octanol–water partition coefficient (Wildman–Crippen LogP) is 3.50. The number of esters is 1. The fourth-order valence-corrected chi connectivity index (χ4v) is 6.46. The Kier molecular flexibility index (Phi) is 5.06. The third-order valence-corrected chi connectivity index (χ3v) is 8.51. The molecule has 1 saturated carbocycles. The summed E-state index contributed by atoms with van der Waals surface area (Å²) in [5.41, 5.74) is 0.0351. The van der Waals surface area contributed by atoms with Crippen molar-refractivity contribution in [2.75, 3.05) is 13.1 Å². The van der Waals surface area contributed by atoms with Gasteiger partial charge in [-0.05, 0) is 61.8 Å². The normalized spacial score (nSPS) is 29.2. The van der Waals surface area contributed by atoms with Crippen LogP contribution in [0.2, 0.25) is 0 Å². The van der Waals surface area contributed by atoms with Crippen LogP contribution in [-0.2, 0) is 19.6 Å². The van der Waals surface area contributed by atoms with E-state index in [1.54, 1.807) is 53.2 Å². The Morgan fingerprint density at radius 3 is 2.71 bits per heavy atom. The van der Waals surface area contributed by atoms with Crippen LogP contribution in [0.1, 0.15) is 31.2 Å². The maximum atomic E-state index is 13.0. The number of furan rings is 1. The smallest absolute Gasteiger partial charge is 0.340 e. The van der Waals surface area contributed by atoms with Crippen molar-refractivity contribution < 1.29 is 22.4 Å². The lowest BCUT2D eigenvalue weighted by Gasteiger charge is -2.44. The van der Waals surface area contributed by atoms with Crippen LogP contribution in [0, 0.1) is 11.8 Å². The van der Waals surface area contributed by atoms with Crippen LogP contribution >= 0.6 is 0 Å². The van der Waals surface area contributed by atoms with Crippen LogP contribution < -0.4 is 0 Å². The van der Waals surface area contributed by atoms with E-state index >= 15 is 0 Å². The summed E-state index contributed by atoms with van der Waals surface area (Å²) in [5, 5.41) is 0. The quantitative estimate of drug-likeness (QED) is 0.679. The lowest BCUT2D eigenvalue weighted by Crippen LogP contribution is -2.50. The number of nitrogens with zero attached hydrogens (tertiary/aromatic N) is 2. The van der Waals surface area contributed by atoms with Crippen molar-refractivity contribution in [1.29, 1.82) is 0 Å². The standard InChI is InChI=1S/C23H24N2O5S/c26-22-23(24-21(30-22)7-6-17-10-13-29-16-17)11-8-19-15-25(12-9-18(19)14-23)31(27,28)20-4-2-1-3-5-20/h1-7,10,13,16,18-19H,8-9,11-12,14-15H2/b7-6+/t18-,19+,23+/m1/s1. The molecule has 0 N–H and O–H groups in total. The molecule has 0 bridgehead atoms. The Hall–Kier alpha value is -2.71. The van der Waals surface area contributed by atoms with Gasteiger partial charge in [-0.15, -0.1) is 0 Å². The number of rotatable bonds is 4. The van der Waals surface area contributed by atoms with Gasteiger partial charge in [0, 0.05) is 24.7 Å². The first-order valence-electron chi connectivity index (χ1n) is 10.5. The molecule has 162 valence electrons. The largest absolute Gasteiger partial charge is 0.472 e. The van der Waals surface area contributed by atoms with Gasteiger partial charge in [0.1, 0.15) is 0 Å². The molecular weight excluding hydrogens is 416 g/mol. The zero-order valence-corrected chi connectivity index (χ0v) is 17.8. The second kappa shape index (κ2) is 7.76. The van der Waals surface area contributed by atoms with E-state index in [2.05, 4.69) is 4.99 Å². The topological polar surface area (TPSA) is 89.2 Å². The molecule has 1 spiro atoms. The summed E-state index contributed by atoms with van der Waals surface area (Å²) >= 11 is 0. The molecule has 0 amide bonds. The molecule has 31 heavy (non-hydrogen) atoms. The van der Waals surface area contributed by atoms with Crippen LogP contribution in [0.25, 0.3) is 6.08 Å². The summed E-state index contributed by atoms with van der Waals surface area (Å²) in [5.74, 6) is 0.515. The monoisotopic (exact) mass is 440 g/mol. The van der Waals surface area contributed by atoms with Gasteiger partial charge in [-0.25, -0.2) is 18.2 Å². The zero-order chi connectivity index (χ0) is 21.5. The Balaban J connectivity index is 1.29. The first-order valence-corrected chi connectivity index (χ1v) is 12.0. The molecule has 1 aliphatic carbocycles. The van der Waals surface area contributed by atoms with Crippen molar-refractivity contribution in [3.63, 3.8) is 0 Å². The van der Waals surface area contributed by atoms with Crippen LogP contribution in [-0.4, -0.2) is 43.2 Å². The van der Waals surface area contributed by atoms with Gasteiger partial charge in [0.2, 0.25) is 15.9 Å². The number of carbonyl (C=O) groups excluding carboxylic acids is 1. The highest BCUT2D eigenvalue weighted by Crippen LogP contribution is 2.46. The van der Waals surface area contributed by atoms with Crippen molar-refractivity contribution in [3.8, 4) is 0 Å². The van der Waals surface area contributed by atoms with Gasteiger partial charge in [-0.1, -0.05) is 18.2 Å². The number of hydrogen-bond acceptors (Lipinski definition) is 6. The van der Waals surface area contributed by atoms with Gasteiger partial charge in [-0.3, -0.25) is 0 Å². The highest BCUT2D eigenvalue weighted by molar-refractivity contribution is 7.89. The summed E-state index contributed by atoms with van der Waals surface area (Å²) in [6.45, 7) is 0.949. The van der Waals surface area contributed by atoms with E-state index in [4.69, 9.17) is 9.15 Å². The van der Waals surface area contributed by atoms with E-state index in [1.807, 2.05) is 12.1 Å². The van der Waals surface area contributed by atoms with Crippen molar-refractivity contribution >= 4 is 28.0 Å². The maximum Gasteiger partial charge on any atom is 0.340 e. The summed E-state index contributed by atoms with van der Waals surface area (Å²) in [4.78, 5) is 17.7. The molecule has 7 nitrogen and oxygen atoms in total. The number of piperidine rings is 1. The summed E-state index contributed by atoms with van der Waals surface area (Å²) in [6, 6.07) is 10.4. The molecule has 1 aromatic carbocycles. The SMILES string of the molecule is O=C1OC(/C=C/c2ccoc2)=N[C@]12CC[C@H]1CN(S(=O)(=O)c3ccccc3)CC[C@@H]1C2. The number of ether oxygens (including phenoxy) is 1. The second-order valence-electron chi connectivity index (χ2n) is 8.49. The Morgan fingerprint density at radius 1 is 1.10 bits per heavy atom. The van der Waals surface area contributed by atoms with Gasteiger partial charge in [-0.2, -0.15) is 4.31 Å². The van der Waals surface area contributed by atoms with Crippen LogP contribution in [0.5, 0.6) is 0 Å². The number of benzene rings is 1. The summed E-state index contributed by atoms with van der Waals surface area (Å²) in [7, 11) is -3.49. The van der Waals surface area contributed by atoms with Gasteiger partial charge >= 0.3 is 5.97 Å². The van der Waals surface area contributed by atoms with E-state index in [0.717, 1.165) is 18.4 Å². The molecule has 0 unspecified atom stereocenters. The third-order valence-electron chi connectivity index (χ3n) is 6.63. The van der Waals surface area contributed by atoms with Gasteiger partial charge in [0.25, 0.3) is 0 Å². The number of aliphatic imine (C=N–C) groups is 1. The maximum absolute atomic E-state index is 13.0. The third kappa shape index (κ3) is 3.74. The summed E-state index contributed by atoms with van der Waals surface area (Å²) in [6.07, 6.45) is 9.34. The number of carbonyl (C=O) groups is 1. The average Bonchev–Trinajstić information content (AvgIpc) is 3.41. The molecule has 1 aromatic heterocycles. The fraction of sp³-hybridized carbons (Fsp3) is 0.391. The van der Waals surface area contributed by atoms with Crippen LogP contribution in [0.4, 0.5) is 0 Å². The van der Waals surface area contributed by atoms with Crippen LogP contribution in [0.3, 0.4) is 0 Å². The molecule has 2 aliphatic heterocycles. The zero-order valence-electron chi connectivity index (χ0n) is 17.0. The molecule has 3 heterocycles. The molecule has 1 saturated heterocycles. The first kappa shape index (κ1) is 20.2. The average molecular weight is 441 g/mol. The molecule has 8 heteroatoms. The van der Waals surface area contributed by atoms with Crippen molar-refractivity contribution in [1.82, 2.24) is 4.31 Å². The number of sulfonamides is 1. The van der Waals surface area contributed by atoms with E-state index in [0.29, 0.717) is 36.7 Å². The van der Waals surface area contributed by atoms with Crippen LogP contribution in [0.15, 0.2) is 69.3 Å². The molecule has 2 aromatic rings. The van der Waals surface area contributed by atoms with Gasteiger partial charge in [0.05, 0.1) is 17.4 Å². The Labute approximate surface area is 181 Å². The number of fused-ring (bicyclic) bond motifs is 1. The highest BCUT2D eigenvalue weighted by Gasteiger charge is 2.52. The molecular formula is C23H24N2O5S. The lowest BCUT2D eigenvalue weighted by atomic mass is 9.68. The molecule has 5 rings (SSSR count). The Bertz CT molecular complexity index is 1120. The number of hydrogen-bond donors (Lipinski definition) is 0. The molecule has 2 fully saturated rings. The van der Waals surface area contributed by atoms with Gasteiger partial charge in [0.15, 0.2) is 5.54 Å². The fourth-order valence-electron chi connectivity index (χ4n) is 4.93. The minimum Gasteiger partial charge on any atom is -0.472 e. The van der Waals surface area contributed by atoms with E-state index in [1.165, 1.54) is 0 Å². The minimum atomic E-state index is -3.49. The van der Waals surface area contributed by atoms with Crippen molar-refractivity contribution in [3.05, 3.63) is 60.6 Å². The van der Waals surface area contributed by atoms with E-state index in [9.17, 15) is 13.2 Å². The molecule has 3 atom stereocenters. The minimum absolute atomic E-state index is 0.228. The number of cyclic esters (lactones) is 1. The Morgan fingerprint density at radius 2 is 1.94 bits per heavy atom. The molecule has 0 radical (unpaired) electrons. The highest BCUT2D eigenvalue weighted by atomic mass is 32.2. The second-order valence-corrected chi connectivity index (χ2v) is 10.4. The van der Waals surface area contributed by atoms with Crippen molar-refractivity contribution in [2.45, 2.75) is 36.1 Å². The lowest BCUT2D eigenvalue weighted by molar-refractivity contribution is -0.141. The van der Waals surface area contributed by atoms with Gasteiger partial charge < -0.3 is 9.15 Å². The van der Waals surface area contributed by atoms with E-state index < -0.39 is 15.6 Å². The van der Waals surface area contributed by atoms with E-state index in [-0.39, 0.29) is 17.8 Å². The first-order chi connectivity index (χ1) is 15.0. The van der Waals surface area contributed by atoms with Crippen molar-refractivity contribution in [2.24, 2.45) is 16.8 Å². The molecule has 3 aliphatic rings. The predicted molar refractivity (Wildman–Crippen MR) is 115 cm³/mol. The summed E-state index contributed by atoms with van der Waals surface area (Å²) < 4.78 is 38.1.